The molecule has 0 bridgehead atoms. The fraction of sp³-hybridized carbons (Fsp3) is 0.778. The van der Waals surface area contributed by atoms with E-state index < -0.39 is 5.97 Å². The van der Waals surface area contributed by atoms with Crippen molar-refractivity contribution in [2.24, 2.45) is 0 Å². The molecule has 0 spiro atoms. The molecule has 0 fully saturated rings. The summed E-state index contributed by atoms with van der Waals surface area (Å²) < 4.78 is 0. The van der Waals surface area contributed by atoms with Crippen molar-refractivity contribution in [1.82, 2.24) is 10.2 Å². The van der Waals surface area contributed by atoms with Crippen LogP contribution >= 0.6 is 0 Å². The third-order valence-electron chi connectivity index (χ3n) is 1.78. The maximum Gasteiger partial charge on any atom is 0.323 e. The van der Waals surface area contributed by atoms with Crippen LogP contribution in [0.5, 0.6) is 0 Å². The van der Waals surface area contributed by atoms with Crippen LogP contribution in [0.4, 0.5) is 0 Å². The molecule has 0 aliphatic heterocycles. The van der Waals surface area contributed by atoms with Crippen LogP contribution in [-0.2, 0) is 9.59 Å². The van der Waals surface area contributed by atoms with Gasteiger partial charge < -0.3 is 15.3 Å². The molecule has 0 aliphatic rings. The van der Waals surface area contributed by atoms with Gasteiger partial charge in [0.2, 0.25) is 5.91 Å². The minimum absolute atomic E-state index is 0.0859. The Morgan fingerprint density at radius 2 is 2.00 bits per heavy atom. The summed E-state index contributed by atoms with van der Waals surface area (Å²) in [6.45, 7) is 6.15. The van der Waals surface area contributed by atoms with Gasteiger partial charge in [-0.25, -0.2) is 0 Å². The summed E-state index contributed by atoms with van der Waals surface area (Å²) in [5.74, 6) is -1.16. The van der Waals surface area contributed by atoms with Gasteiger partial charge in [0.15, 0.2) is 0 Å². The van der Waals surface area contributed by atoms with Crippen LogP contribution in [0, 0.1) is 0 Å². The summed E-state index contributed by atoms with van der Waals surface area (Å²) in [5, 5.41) is 11.5. The van der Waals surface area contributed by atoms with E-state index in [4.69, 9.17) is 5.11 Å². The molecule has 0 saturated carbocycles. The van der Waals surface area contributed by atoms with Crippen molar-refractivity contribution in [3.63, 3.8) is 0 Å². The van der Waals surface area contributed by atoms with Crippen molar-refractivity contribution in [3.05, 3.63) is 0 Å². The Kier molecular flexibility index (Phi) is 5.87. The molecular formula is C9H18N2O3. The van der Waals surface area contributed by atoms with Crippen LogP contribution in [0.2, 0.25) is 0 Å². The SMILES string of the molecule is CCNCC(=O)N(CC(=O)O)C(C)C. The van der Waals surface area contributed by atoms with Crippen molar-refractivity contribution in [2.75, 3.05) is 19.6 Å². The molecule has 2 N–H and O–H groups in total. The minimum Gasteiger partial charge on any atom is -0.480 e. The molecule has 0 aromatic heterocycles. The molecule has 0 radical (unpaired) electrons. The second-order valence-corrected chi connectivity index (χ2v) is 3.29. The lowest BCUT2D eigenvalue weighted by atomic mass is 10.3. The molecule has 0 aromatic rings. The van der Waals surface area contributed by atoms with Crippen LogP contribution < -0.4 is 5.32 Å². The second kappa shape index (κ2) is 6.37. The molecule has 82 valence electrons. The van der Waals surface area contributed by atoms with Gasteiger partial charge in [0.05, 0.1) is 6.54 Å². The quantitative estimate of drug-likeness (QED) is 0.632. The van der Waals surface area contributed by atoms with E-state index in [0.29, 0.717) is 6.54 Å². The van der Waals surface area contributed by atoms with E-state index in [1.165, 1.54) is 4.90 Å². The van der Waals surface area contributed by atoms with Crippen molar-refractivity contribution in [1.29, 1.82) is 0 Å². The van der Waals surface area contributed by atoms with Gasteiger partial charge >= 0.3 is 5.97 Å². The summed E-state index contributed by atoms with van der Waals surface area (Å²) in [6.07, 6.45) is 0. The number of carboxylic acid groups (broad SMARTS) is 1. The maximum atomic E-state index is 11.5. The number of amides is 1. The lowest BCUT2D eigenvalue weighted by Crippen LogP contribution is -2.44. The first-order valence-electron chi connectivity index (χ1n) is 4.71. The van der Waals surface area contributed by atoms with Crippen molar-refractivity contribution in [3.8, 4) is 0 Å². The fourth-order valence-electron chi connectivity index (χ4n) is 1.04. The van der Waals surface area contributed by atoms with Crippen LogP contribution in [0.1, 0.15) is 20.8 Å². The largest absolute Gasteiger partial charge is 0.480 e. The van der Waals surface area contributed by atoms with Gasteiger partial charge in [0, 0.05) is 6.04 Å². The topological polar surface area (TPSA) is 69.6 Å². The van der Waals surface area contributed by atoms with E-state index >= 15 is 0 Å². The van der Waals surface area contributed by atoms with E-state index in [1.807, 2.05) is 6.92 Å². The monoisotopic (exact) mass is 202 g/mol. The van der Waals surface area contributed by atoms with Crippen LogP contribution in [0.25, 0.3) is 0 Å². The molecule has 1 amide bonds. The van der Waals surface area contributed by atoms with Gasteiger partial charge in [-0.3, -0.25) is 9.59 Å². The highest BCUT2D eigenvalue weighted by atomic mass is 16.4. The Morgan fingerprint density at radius 1 is 1.43 bits per heavy atom. The minimum atomic E-state index is -0.983. The Morgan fingerprint density at radius 3 is 2.36 bits per heavy atom. The predicted octanol–water partition coefficient (Wildman–Crippen LogP) is -0.0825. The first-order chi connectivity index (χ1) is 6.49. The van der Waals surface area contributed by atoms with Crippen LogP contribution in [0.3, 0.4) is 0 Å². The van der Waals surface area contributed by atoms with E-state index in [1.54, 1.807) is 13.8 Å². The molecule has 5 heteroatoms. The summed E-state index contributed by atoms with van der Waals surface area (Å²) in [6, 6.07) is -0.0859. The number of carbonyl (C=O) groups excluding carboxylic acids is 1. The average Bonchev–Trinajstić information content (AvgIpc) is 2.09. The van der Waals surface area contributed by atoms with Crippen molar-refractivity contribution in [2.45, 2.75) is 26.8 Å². The van der Waals surface area contributed by atoms with Gasteiger partial charge in [0.25, 0.3) is 0 Å². The van der Waals surface area contributed by atoms with Gasteiger partial charge in [-0.1, -0.05) is 6.92 Å². The van der Waals surface area contributed by atoms with Crippen molar-refractivity contribution < 1.29 is 14.7 Å². The molecule has 0 aromatic carbocycles. The number of nitrogens with one attached hydrogen (secondary N) is 1. The predicted molar refractivity (Wildman–Crippen MR) is 53.0 cm³/mol. The molecule has 0 aliphatic carbocycles. The molecule has 5 nitrogen and oxygen atoms in total. The zero-order valence-electron chi connectivity index (χ0n) is 8.91. The standard InChI is InChI=1S/C9H18N2O3/c1-4-10-5-8(12)11(7(2)3)6-9(13)14/h7,10H,4-6H2,1-3H3,(H,13,14). The highest BCUT2D eigenvalue weighted by Crippen LogP contribution is 1.97. The maximum absolute atomic E-state index is 11.5. The normalized spacial score (nSPS) is 10.3. The number of aliphatic carboxylic acids is 1. The van der Waals surface area contributed by atoms with Gasteiger partial charge in [-0.2, -0.15) is 0 Å². The lowest BCUT2D eigenvalue weighted by Gasteiger charge is -2.24. The highest BCUT2D eigenvalue weighted by molar-refractivity contribution is 5.82. The zero-order chi connectivity index (χ0) is 11.1. The van der Waals surface area contributed by atoms with E-state index in [2.05, 4.69) is 5.32 Å². The Labute approximate surface area is 84.1 Å². The molecule has 0 saturated heterocycles. The number of rotatable bonds is 6. The number of hydrogen-bond acceptors (Lipinski definition) is 3. The summed E-state index contributed by atoms with van der Waals surface area (Å²) >= 11 is 0. The third kappa shape index (κ3) is 4.81. The smallest absolute Gasteiger partial charge is 0.323 e. The van der Waals surface area contributed by atoms with E-state index in [9.17, 15) is 9.59 Å². The fourth-order valence-corrected chi connectivity index (χ4v) is 1.04. The van der Waals surface area contributed by atoms with Crippen molar-refractivity contribution >= 4 is 11.9 Å². The molecule has 0 unspecified atom stereocenters. The first-order valence-corrected chi connectivity index (χ1v) is 4.71. The Hall–Kier alpha value is -1.10. The Balaban J connectivity index is 4.19. The number of carbonyl (C=O) groups is 2. The molecule has 0 heterocycles. The second-order valence-electron chi connectivity index (χ2n) is 3.29. The van der Waals surface area contributed by atoms with Crippen LogP contribution in [-0.4, -0.2) is 47.6 Å². The molecule has 0 rings (SSSR count). The number of carboxylic acids is 1. The summed E-state index contributed by atoms with van der Waals surface area (Å²) in [7, 11) is 0. The summed E-state index contributed by atoms with van der Waals surface area (Å²) in [5.41, 5.74) is 0. The van der Waals surface area contributed by atoms with Crippen LogP contribution in [0.15, 0.2) is 0 Å². The number of nitrogens with zero attached hydrogens (tertiary/aromatic N) is 1. The summed E-state index contributed by atoms with van der Waals surface area (Å²) in [4.78, 5) is 23.3. The van der Waals surface area contributed by atoms with Gasteiger partial charge in [0.1, 0.15) is 6.54 Å². The van der Waals surface area contributed by atoms with E-state index in [0.717, 1.165) is 0 Å². The van der Waals surface area contributed by atoms with E-state index in [-0.39, 0.29) is 25.0 Å². The number of hydrogen-bond donors (Lipinski definition) is 2. The zero-order valence-corrected chi connectivity index (χ0v) is 8.91. The van der Waals surface area contributed by atoms with Gasteiger partial charge in [-0.15, -0.1) is 0 Å². The third-order valence-corrected chi connectivity index (χ3v) is 1.78. The first kappa shape index (κ1) is 12.9. The lowest BCUT2D eigenvalue weighted by molar-refractivity contribution is -0.145. The molecule has 14 heavy (non-hydrogen) atoms. The number of likely N-dealkylation sites (N-methyl/N-ethyl adjacent to an activating group) is 1. The highest BCUT2D eigenvalue weighted by Gasteiger charge is 2.18. The molecule has 0 atom stereocenters. The van der Waals surface area contributed by atoms with Gasteiger partial charge in [-0.05, 0) is 20.4 Å². The molecular weight excluding hydrogens is 184 g/mol. The Bertz CT molecular complexity index is 204. The average molecular weight is 202 g/mol.